The zero-order valence-corrected chi connectivity index (χ0v) is 21.0. The monoisotopic (exact) mass is 504 g/mol. The van der Waals surface area contributed by atoms with Gasteiger partial charge in [0.2, 0.25) is 0 Å². The van der Waals surface area contributed by atoms with Gasteiger partial charge in [0.05, 0.1) is 46.5 Å². The molecule has 3 N–H and O–H groups in total. The Hall–Kier alpha value is -4.92. The van der Waals surface area contributed by atoms with Crippen molar-refractivity contribution in [3.8, 4) is 33.9 Å². The van der Waals surface area contributed by atoms with E-state index < -0.39 is 0 Å². The summed E-state index contributed by atoms with van der Waals surface area (Å²) in [6.45, 7) is 8.43. The molecule has 38 heavy (non-hydrogen) atoms. The number of hydrogen-bond acceptors (Lipinski definition) is 6. The molecule has 5 heterocycles. The number of nitrogens with one attached hydrogen (secondary N) is 3. The van der Waals surface area contributed by atoms with Crippen molar-refractivity contribution in [3.05, 3.63) is 85.5 Å². The van der Waals surface area contributed by atoms with E-state index in [1.807, 2.05) is 18.2 Å². The first-order chi connectivity index (χ1) is 18.4. The summed E-state index contributed by atoms with van der Waals surface area (Å²) in [6, 6.07) is 10.4. The van der Waals surface area contributed by atoms with Gasteiger partial charge in [0.1, 0.15) is 11.5 Å². The molecule has 9 heteroatoms. The Kier molecular flexibility index (Phi) is 5.88. The maximum absolute atomic E-state index is 13.9. The topological polar surface area (TPSA) is 108 Å². The number of aromatic amines is 2. The molecule has 0 atom stereocenters. The van der Waals surface area contributed by atoms with E-state index in [-0.39, 0.29) is 5.82 Å². The lowest BCUT2D eigenvalue weighted by molar-refractivity contribution is 0.628. The lowest BCUT2D eigenvalue weighted by Gasteiger charge is -2.12. The quantitative estimate of drug-likeness (QED) is 0.222. The molecule has 0 aliphatic heterocycles. The van der Waals surface area contributed by atoms with Crippen LogP contribution in [-0.4, -0.2) is 35.1 Å². The summed E-state index contributed by atoms with van der Waals surface area (Å²) in [6.07, 6.45) is 9.57. The van der Waals surface area contributed by atoms with Crippen LogP contribution in [0.25, 0.3) is 55.8 Å². The first-order valence-electron chi connectivity index (χ1n) is 12.3. The average molecular weight is 505 g/mol. The number of rotatable bonds is 7. The van der Waals surface area contributed by atoms with Gasteiger partial charge in [0.25, 0.3) is 0 Å². The smallest absolute Gasteiger partial charge is 0.159 e. The summed E-state index contributed by atoms with van der Waals surface area (Å²) in [7, 11) is 0. The van der Waals surface area contributed by atoms with Crippen LogP contribution in [0.4, 0.5) is 10.1 Å². The lowest BCUT2D eigenvalue weighted by Crippen LogP contribution is -2.02. The van der Waals surface area contributed by atoms with Crippen molar-refractivity contribution >= 4 is 27.6 Å². The predicted octanol–water partition coefficient (Wildman–Crippen LogP) is 6.74. The molecule has 0 bridgehead atoms. The number of H-pyrrole nitrogens is 2. The number of hydrogen-bond donors (Lipinski definition) is 3. The van der Waals surface area contributed by atoms with Crippen LogP contribution in [0.3, 0.4) is 0 Å². The first kappa shape index (κ1) is 23.5. The molecule has 188 valence electrons. The highest BCUT2D eigenvalue weighted by molar-refractivity contribution is 5.97. The number of fused-ring (bicyclic) bond motifs is 2. The van der Waals surface area contributed by atoms with Gasteiger partial charge in [-0.25, -0.2) is 9.37 Å². The molecule has 0 amide bonds. The molecular weight excluding hydrogens is 479 g/mol. The van der Waals surface area contributed by atoms with E-state index in [9.17, 15) is 4.39 Å². The highest BCUT2D eigenvalue weighted by Gasteiger charge is 2.17. The SMILES string of the molecule is C=C(CC(C)C)Nc1cncc(-c2cc3c(-c4nc5c(-c6cccc(F)c6)cncc5[nH]4)n[nH]c3cn2)c1. The molecule has 0 fully saturated rings. The second kappa shape index (κ2) is 9.51. The number of imidazole rings is 1. The van der Waals surface area contributed by atoms with Crippen LogP contribution < -0.4 is 5.32 Å². The molecular formula is C29H25FN8. The summed E-state index contributed by atoms with van der Waals surface area (Å²) < 4.78 is 13.9. The Balaban J connectivity index is 1.38. The second-order valence-electron chi connectivity index (χ2n) is 9.66. The van der Waals surface area contributed by atoms with Gasteiger partial charge in [-0.15, -0.1) is 0 Å². The summed E-state index contributed by atoms with van der Waals surface area (Å²) in [5.41, 5.74) is 7.71. The van der Waals surface area contributed by atoms with Crippen LogP contribution in [-0.2, 0) is 0 Å². The van der Waals surface area contributed by atoms with E-state index in [0.29, 0.717) is 28.5 Å². The van der Waals surface area contributed by atoms with Crippen molar-refractivity contribution in [2.24, 2.45) is 5.92 Å². The molecule has 0 radical (unpaired) electrons. The number of halogens is 1. The molecule has 6 rings (SSSR count). The van der Waals surface area contributed by atoms with Gasteiger partial charge in [0, 0.05) is 34.6 Å². The minimum atomic E-state index is -0.313. The third kappa shape index (κ3) is 4.50. The van der Waals surface area contributed by atoms with E-state index in [4.69, 9.17) is 4.98 Å². The fourth-order valence-corrected chi connectivity index (χ4v) is 4.56. The van der Waals surface area contributed by atoms with Gasteiger partial charge >= 0.3 is 0 Å². The van der Waals surface area contributed by atoms with E-state index in [0.717, 1.165) is 51.0 Å². The van der Waals surface area contributed by atoms with Crippen molar-refractivity contribution in [1.82, 2.24) is 35.1 Å². The second-order valence-corrected chi connectivity index (χ2v) is 9.66. The van der Waals surface area contributed by atoms with Crippen LogP contribution in [0.2, 0.25) is 0 Å². The van der Waals surface area contributed by atoms with Gasteiger partial charge in [0.15, 0.2) is 5.82 Å². The lowest BCUT2D eigenvalue weighted by atomic mass is 10.1. The Morgan fingerprint density at radius 1 is 1.00 bits per heavy atom. The fraction of sp³-hybridized carbons (Fsp3) is 0.138. The molecule has 1 aromatic carbocycles. The Morgan fingerprint density at radius 2 is 1.87 bits per heavy atom. The van der Waals surface area contributed by atoms with Crippen molar-refractivity contribution in [2.75, 3.05) is 5.32 Å². The summed E-state index contributed by atoms with van der Waals surface area (Å²) in [4.78, 5) is 21.5. The number of benzene rings is 1. The summed E-state index contributed by atoms with van der Waals surface area (Å²) in [5.74, 6) is 0.771. The van der Waals surface area contributed by atoms with Crippen molar-refractivity contribution < 1.29 is 4.39 Å². The van der Waals surface area contributed by atoms with E-state index in [2.05, 4.69) is 55.9 Å². The zero-order valence-electron chi connectivity index (χ0n) is 21.0. The molecule has 0 aliphatic rings. The average Bonchev–Trinajstić information content (AvgIpc) is 3.52. The molecule has 5 aromatic heterocycles. The van der Waals surface area contributed by atoms with Crippen LogP contribution >= 0.6 is 0 Å². The number of pyridine rings is 3. The van der Waals surface area contributed by atoms with Gasteiger partial charge < -0.3 is 10.3 Å². The van der Waals surface area contributed by atoms with E-state index in [1.54, 1.807) is 37.1 Å². The third-order valence-corrected chi connectivity index (χ3v) is 6.21. The minimum Gasteiger partial charge on any atom is -0.358 e. The maximum atomic E-state index is 13.9. The van der Waals surface area contributed by atoms with Gasteiger partial charge in [-0.2, -0.15) is 5.10 Å². The fourth-order valence-electron chi connectivity index (χ4n) is 4.56. The molecule has 6 aromatic rings. The maximum Gasteiger partial charge on any atom is 0.159 e. The minimum absolute atomic E-state index is 0.313. The first-order valence-corrected chi connectivity index (χ1v) is 12.3. The predicted molar refractivity (Wildman–Crippen MR) is 148 cm³/mol. The number of anilines is 1. The van der Waals surface area contributed by atoms with Crippen molar-refractivity contribution in [1.29, 1.82) is 0 Å². The molecule has 0 spiro atoms. The summed E-state index contributed by atoms with van der Waals surface area (Å²) >= 11 is 0. The number of aromatic nitrogens is 7. The number of nitrogens with zero attached hydrogens (tertiary/aromatic N) is 5. The largest absolute Gasteiger partial charge is 0.358 e. The molecule has 0 unspecified atom stereocenters. The number of allylic oxidation sites excluding steroid dienone is 1. The molecule has 0 saturated heterocycles. The standard InChI is InChI=1S/C29H25FN8/c1-16(2)7-17(3)34-21-9-19(11-31-12-21)24-10-22-25(15-33-24)37-38-28(22)29-35-26-14-32-13-23(27(26)36-29)18-5-4-6-20(30)8-18/h4-6,8-16,34H,3,7H2,1-2H3,(H,35,36)(H,37,38). The molecule has 0 saturated carbocycles. The van der Waals surface area contributed by atoms with Crippen molar-refractivity contribution in [2.45, 2.75) is 20.3 Å². The molecule has 0 aliphatic carbocycles. The third-order valence-electron chi connectivity index (χ3n) is 6.21. The van der Waals surface area contributed by atoms with Gasteiger partial charge in [-0.05, 0) is 42.2 Å². The Labute approximate surface area is 218 Å². The molecule has 8 nitrogen and oxygen atoms in total. The normalized spacial score (nSPS) is 11.5. The Bertz CT molecular complexity index is 1800. The summed E-state index contributed by atoms with van der Waals surface area (Å²) in [5, 5.41) is 11.8. The van der Waals surface area contributed by atoms with Crippen molar-refractivity contribution in [3.63, 3.8) is 0 Å². The van der Waals surface area contributed by atoms with Gasteiger partial charge in [-0.1, -0.05) is 32.6 Å². The highest BCUT2D eigenvalue weighted by atomic mass is 19.1. The van der Waals surface area contributed by atoms with Crippen LogP contribution in [0.1, 0.15) is 20.3 Å². The highest BCUT2D eigenvalue weighted by Crippen LogP contribution is 2.32. The van der Waals surface area contributed by atoms with Crippen LogP contribution in [0, 0.1) is 11.7 Å². The van der Waals surface area contributed by atoms with E-state index >= 15 is 0 Å². The van der Waals surface area contributed by atoms with E-state index in [1.165, 1.54) is 12.1 Å². The van der Waals surface area contributed by atoms with Gasteiger partial charge in [-0.3, -0.25) is 20.1 Å². The Morgan fingerprint density at radius 3 is 2.71 bits per heavy atom. The van der Waals surface area contributed by atoms with Crippen LogP contribution in [0.15, 0.2) is 79.7 Å². The van der Waals surface area contributed by atoms with Crippen LogP contribution in [0.5, 0.6) is 0 Å². The zero-order chi connectivity index (χ0) is 26.2.